The highest BCUT2D eigenvalue weighted by molar-refractivity contribution is 8.00. The Labute approximate surface area is 263 Å². The summed E-state index contributed by atoms with van der Waals surface area (Å²) in [5, 5.41) is 22.6. The van der Waals surface area contributed by atoms with Crippen LogP contribution >= 0.6 is 23.1 Å². The van der Waals surface area contributed by atoms with Crippen molar-refractivity contribution < 1.29 is 19.1 Å². The third-order valence-electron chi connectivity index (χ3n) is 7.82. The Hall–Kier alpha value is -4.34. The van der Waals surface area contributed by atoms with Gasteiger partial charge in [0.2, 0.25) is 5.13 Å². The Balaban J connectivity index is 1.39. The maximum absolute atomic E-state index is 14.5. The van der Waals surface area contributed by atoms with Gasteiger partial charge in [0.25, 0.3) is 5.78 Å². The molecular formula is C35H30FN3O3S2. The van der Waals surface area contributed by atoms with Gasteiger partial charge in [-0.2, -0.15) is 0 Å². The van der Waals surface area contributed by atoms with Gasteiger partial charge in [0.05, 0.1) is 11.6 Å². The van der Waals surface area contributed by atoms with Crippen molar-refractivity contribution in [1.29, 1.82) is 0 Å². The molecule has 0 saturated carbocycles. The molecule has 0 spiro atoms. The smallest absolute Gasteiger partial charge is 0.301 e. The summed E-state index contributed by atoms with van der Waals surface area (Å²) in [4.78, 5) is 28.5. The summed E-state index contributed by atoms with van der Waals surface area (Å²) in [5.41, 5.74) is 3.12. The number of fused-ring (bicyclic) bond motifs is 1. The second-order valence-corrected chi connectivity index (χ2v) is 14.0. The first-order valence-corrected chi connectivity index (χ1v) is 15.9. The number of hydrogen-bond donors (Lipinski definition) is 1. The summed E-state index contributed by atoms with van der Waals surface area (Å²) in [6.45, 7) is 7.90. The minimum atomic E-state index is -0.975. The van der Waals surface area contributed by atoms with Crippen LogP contribution < -0.4 is 4.90 Å². The van der Waals surface area contributed by atoms with E-state index in [1.165, 1.54) is 46.2 Å². The number of aryl methyl sites for hydroxylation is 1. The molecule has 1 atom stereocenters. The number of aromatic nitrogens is 2. The van der Waals surface area contributed by atoms with Crippen molar-refractivity contribution in [3.05, 3.63) is 124 Å². The molecule has 0 radical (unpaired) electrons. The number of Topliss-reactive ketones (excluding diaryl/α,β-unsaturated/α-hetero) is 1. The number of carbonyl (C=O) groups is 2. The van der Waals surface area contributed by atoms with Crippen molar-refractivity contribution in [3.8, 4) is 0 Å². The third kappa shape index (κ3) is 5.53. The summed E-state index contributed by atoms with van der Waals surface area (Å²) < 4.78 is 15.1. The molecule has 4 aromatic carbocycles. The largest absolute Gasteiger partial charge is 0.507 e. The SMILES string of the molecule is Cc1ccc(/C(O)=C2\C(=O)C(=O)N(c3nnc(SCc4cccc5ccccc45)s3)C2c2ccc(C(C)(C)C)cc2)cc1F. The van der Waals surface area contributed by atoms with E-state index in [1.807, 2.05) is 42.5 Å². The Morgan fingerprint density at radius 3 is 2.43 bits per heavy atom. The summed E-state index contributed by atoms with van der Waals surface area (Å²) in [6.07, 6.45) is 0. The predicted molar refractivity (Wildman–Crippen MR) is 174 cm³/mol. The number of rotatable bonds is 6. The highest BCUT2D eigenvalue weighted by atomic mass is 32.2. The van der Waals surface area contributed by atoms with Gasteiger partial charge in [0.1, 0.15) is 11.6 Å². The fraction of sp³-hybridized carbons (Fsp3) is 0.200. The first kappa shape index (κ1) is 29.7. The van der Waals surface area contributed by atoms with Crippen LogP contribution in [-0.2, 0) is 20.8 Å². The van der Waals surface area contributed by atoms with Gasteiger partial charge < -0.3 is 5.11 Å². The molecule has 2 heterocycles. The molecule has 6 nitrogen and oxygen atoms in total. The molecule has 44 heavy (non-hydrogen) atoms. The molecule has 1 saturated heterocycles. The van der Waals surface area contributed by atoms with Gasteiger partial charge in [0, 0.05) is 11.3 Å². The maximum Gasteiger partial charge on any atom is 0.301 e. The molecule has 1 amide bonds. The second-order valence-electron chi connectivity index (χ2n) is 11.8. The minimum absolute atomic E-state index is 0.116. The van der Waals surface area contributed by atoms with Crippen LogP contribution in [0, 0.1) is 12.7 Å². The lowest BCUT2D eigenvalue weighted by molar-refractivity contribution is -0.132. The zero-order valence-corrected chi connectivity index (χ0v) is 26.3. The number of aliphatic hydroxyl groups excluding tert-OH is 1. The van der Waals surface area contributed by atoms with E-state index >= 15 is 0 Å². The Morgan fingerprint density at radius 1 is 0.977 bits per heavy atom. The van der Waals surface area contributed by atoms with Gasteiger partial charge in [-0.05, 0) is 51.4 Å². The second kappa shape index (κ2) is 11.6. The maximum atomic E-state index is 14.5. The molecule has 0 bridgehead atoms. The predicted octanol–water partition coefficient (Wildman–Crippen LogP) is 8.35. The van der Waals surface area contributed by atoms with E-state index in [-0.39, 0.29) is 21.7 Å². The Kier molecular flexibility index (Phi) is 7.86. The lowest BCUT2D eigenvalue weighted by Gasteiger charge is -2.24. The fourth-order valence-electron chi connectivity index (χ4n) is 5.32. The molecule has 1 unspecified atom stereocenters. The average Bonchev–Trinajstić information content (AvgIpc) is 3.58. The lowest BCUT2D eigenvalue weighted by Crippen LogP contribution is -2.29. The Morgan fingerprint density at radius 2 is 1.70 bits per heavy atom. The monoisotopic (exact) mass is 623 g/mol. The average molecular weight is 624 g/mol. The standard InChI is InChI=1S/C35H30FN3O3S2/c1-20-12-13-23(18-27(20)36)30(40)28-29(22-14-16-25(17-15-22)35(2,3)4)39(32(42)31(28)41)33-37-38-34(44-33)43-19-24-10-7-9-21-8-5-6-11-26(21)24/h5-18,29,40H,19H2,1-4H3/b30-28+. The Bertz CT molecular complexity index is 1940. The normalized spacial score (nSPS) is 16.7. The highest BCUT2D eigenvalue weighted by Gasteiger charge is 2.48. The number of carbonyl (C=O) groups excluding carboxylic acids is 2. The molecule has 1 fully saturated rings. The number of halogens is 1. The first-order chi connectivity index (χ1) is 21.0. The molecule has 222 valence electrons. The van der Waals surface area contributed by atoms with Crippen LogP contribution in [0.1, 0.15) is 54.6 Å². The number of thioether (sulfide) groups is 1. The van der Waals surface area contributed by atoms with E-state index in [9.17, 15) is 19.1 Å². The lowest BCUT2D eigenvalue weighted by atomic mass is 9.85. The van der Waals surface area contributed by atoms with E-state index in [2.05, 4.69) is 55.2 Å². The number of anilines is 1. The molecule has 5 aromatic rings. The number of aliphatic hydroxyl groups is 1. The number of benzene rings is 4. The summed E-state index contributed by atoms with van der Waals surface area (Å²) >= 11 is 2.71. The molecule has 0 aliphatic carbocycles. The van der Waals surface area contributed by atoms with Crippen LogP contribution in [0.3, 0.4) is 0 Å². The van der Waals surface area contributed by atoms with Crippen LogP contribution in [-0.4, -0.2) is 27.0 Å². The van der Waals surface area contributed by atoms with Crippen LogP contribution in [0.15, 0.2) is 94.8 Å². The topological polar surface area (TPSA) is 83.4 Å². The highest BCUT2D eigenvalue weighted by Crippen LogP contribution is 2.44. The first-order valence-electron chi connectivity index (χ1n) is 14.1. The summed E-state index contributed by atoms with van der Waals surface area (Å²) in [6, 6.07) is 25.2. The molecule has 9 heteroatoms. The van der Waals surface area contributed by atoms with E-state index in [1.54, 1.807) is 6.92 Å². The van der Waals surface area contributed by atoms with Crippen LogP contribution in [0.4, 0.5) is 9.52 Å². The quantitative estimate of drug-likeness (QED) is 0.0673. The van der Waals surface area contributed by atoms with Crippen molar-refractivity contribution >= 4 is 56.5 Å². The number of hydrogen-bond acceptors (Lipinski definition) is 7. The van der Waals surface area contributed by atoms with Crippen molar-refractivity contribution in [2.24, 2.45) is 0 Å². The van der Waals surface area contributed by atoms with Gasteiger partial charge in [-0.15, -0.1) is 10.2 Å². The van der Waals surface area contributed by atoms with E-state index in [0.717, 1.165) is 21.9 Å². The molecule has 6 rings (SSSR count). The van der Waals surface area contributed by atoms with Crippen molar-refractivity contribution in [3.63, 3.8) is 0 Å². The van der Waals surface area contributed by atoms with Crippen molar-refractivity contribution in [2.75, 3.05) is 4.90 Å². The van der Waals surface area contributed by atoms with Gasteiger partial charge in [-0.25, -0.2) is 4.39 Å². The zero-order chi connectivity index (χ0) is 31.2. The fourth-order valence-corrected chi connectivity index (χ4v) is 7.19. The molecule has 1 aromatic heterocycles. The van der Waals surface area contributed by atoms with Gasteiger partial charge >= 0.3 is 5.91 Å². The molecule has 1 aliphatic rings. The summed E-state index contributed by atoms with van der Waals surface area (Å²) in [5.74, 6) is -2.01. The van der Waals surface area contributed by atoms with Gasteiger partial charge in [-0.3, -0.25) is 14.5 Å². The minimum Gasteiger partial charge on any atom is -0.507 e. The van der Waals surface area contributed by atoms with Gasteiger partial charge in [0.15, 0.2) is 4.34 Å². The molecule has 1 N–H and O–H groups in total. The van der Waals surface area contributed by atoms with Crippen molar-refractivity contribution in [2.45, 2.75) is 49.2 Å². The van der Waals surface area contributed by atoms with Gasteiger partial charge in [-0.1, -0.05) is 123 Å². The molecular weight excluding hydrogens is 594 g/mol. The van der Waals surface area contributed by atoms with E-state index < -0.39 is 29.3 Å². The van der Waals surface area contributed by atoms with E-state index in [4.69, 9.17) is 0 Å². The van der Waals surface area contributed by atoms with Crippen LogP contribution in [0.5, 0.6) is 0 Å². The zero-order valence-electron chi connectivity index (χ0n) is 24.7. The number of amides is 1. The summed E-state index contributed by atoms with van der Waals surface area (Å²) in [7, 11) is 0. The van der Waals surface area contributed by atoms with E-state index in [0.29, 0.717) is 21.2 Å². The number of nitrogens with zero attached hydrogens (tertiary/aromatic N) is 3. The van der Waals surface area contributed by atoms with Crippen LogP contribution in [0.2, 0.25) is 0 Å². The molecule has 1 aliphatic heterocycles. The van der Waals surface area contributed by atoms with Crippen molar-refractivity contribution in [1.82, 2.24) is 10.2 Å². The third-order valence-corrected chi connectivity index (χ3v) is 9.92. The van der Waals surface area contributed by atoms with Crippen LogP contribution in [0.25, 0.3) is 16.5 Å². The number of ketones is 1.